The van der Waals surface area contributed by atoms with Crippen molar-refractivity contribution in [2.45, 2.75) is 44.8 Å². The average Bonchev–Trinajstić information content (AvgIpc) is 3.05. The number of aromatic amines is 1. The highest BCUT2D eigenvalue weighted by molar-refractivity contribution is 5.71. The van der Waals surface area contributed by atoms with Crippen LogP contribution in [0.25, 0.3) is 11.2 Å². The predicted octanol–water partition coefficient (Wildman–Crippen LogP) is 2.50. The minimum absolute atomic E-state index is 0.195. The second-order valence-corrected chi connectivity index (χ2v) is 6.37. The Morgan fingerprint density at radius 1 is 1.17 bits per heavy atom. The summed E-state index contributed by atoms with van der Waals surface area (Å²) in [6.07, 6.45) is 4.93. The fourth-order valence-electron chi connectivity index (χ4n) is 3.34. The zero-order chi connectivity index (χ0) is 16.5. The molecule has 0 saturated heterocycles. The van der Waals surface area contributed by atoms with Gasteiger partial charge in [0.2, 0.25) is 11.6 Å². The summed E-state index contributed by atoms with van der Waals surface area (Å²) in [5.74, 6) is 0.628. The van der Waals surface area contributed by atoms with Crippen molar-refractivity contribution in [2.75, 3.05) is 4.90 Å². The molecule has 0 amide bonds. The quantitative estimate of drug-likeness (QED) is 0.769. The first kappa shape index (κ1) is 15.0. The van der Waals surface area contributed by atoms with Crippen molar-refractivity contribution in [3.8, 4) is 0 Å². The molecule has 2 heterocycles. The van der Waals surface area contributed by atoms with Gasteiger partial charge in [-0.05, 0) is 50.3 Å². The highest BCUT2D eigenvalue weighted by Gasteiger charge is 2.28. The molecule has 124 valence electrons. The molecule has 7 nitrogen and oxygen atoms in total. The van der Waals surface area contributed by atoms with Crippen LogP contribution in [0, 0.1) is 6.92 Å². The number of H-pyrrole nitrogens is 1. The summed E-state index contributed by atoms with van der Waals surface area (Å²) in [6, 6.07) is 8.60. The number of nitrogens with zero attached hydrogens (tertiary/aromatic N) is 5. The van der Waals surface area contributed by atoms with Gasteiger partial charge in [0.05, 0.1) is 12.3 Å². The van der Waals surface area contributed by atoms with Gasteiger partial charge in [-0.15, -0.1) is 5.10 Å². The van der Waals surface area contributed by atoms with E-state index < -0.39 is 0 Å². The first-order chi connectivity index (χ1) is 11.7. The standard InChI is InChI=1S/C17H20N6O/c1-11-3-2-4-13(9-11)23(12-5-7-14(24)8-6-12)17-18-10-15-16(19-17)21-22-20-15/h2-4,9-10,12,14,24H,5-8H2,1H3,(H,18,19,20,21,22). The number of anilines is 2. The Balaban J connectivity index is 1.76. The number of aromatic nitrogens is 5. The van der Waals surface area contributed by atoms with Crippen molar-refractivity contribution >= 4 is 22.8 Å². The van der Waals surface area contributed by atoms with Gasteiger partial charge in [-0.1, -0.05) is 12.1 Å². The third-order valence-electron chi connectivity index (χ3n) is 4.59. The summed E-state index contributed by atoms with van der Waals surface area (Å²) in [5, 5.41) is 20.5. The fourth-order valence-corrected chi connectivity index (χ4v) is 3.34. The van der Waals surface area contributed by atoms with Crippen LogP contribution in [0.5, 0.6) is 0 Å². The van der Waals surface area contributed by atoms with Gasteiger partial charge in [0.15, 0.2) is 0 Å². The molecule has 2 aromatic heterocycles. The number of aryl methyl sites for hydroxylation is 1. The molecule has 7 heteroatoms. The second-order valence-electron chi connectivity index (χ2n) is 6.37. The lowest BCUT2D eigenvalue weighted by Crippen LogP contribution is -2.37. The normalized spacial score (nSPS) is 21.1. The van der Waals surface area contributed by atoms with E-state index in [2.05, 4.69) is 55.4 Å². The largest absolute Gasteiger partial charge is 0.393 e. The number of hydrogen-bond acceptors (Lipinski definition) is 6. The third kappa shape index (κ3) is 2.82. The van der Waals surface area contributed by atoms with Crippen molar-refractivity contribution < 1.29 is 5.11 Å². The van der Waals surface area contributed by atoms with Crippen molar-refractivity contribution in [3.05, 3.63) is 36.0 Å². The summed E-state index contributed by atoms with van der Waals surface area (Å²) in [5.41, 5.74) is 3.48. The van der Waals surface area contributed by atoms with Crippen LogP contribution in [0.1, 0.15) is 31.2 Å². The van der Waals surface area contributed by atoms with E-state index in [0.717, 1.165) is 31.4 Å². The van der Waals surface area contributed by atoms with E-state index in [0.29, 0.717) is 17.1 Å². The zero-order valence-electron chi connectivity index (χ0n) is 13.6. The van der Waals surface area contributed by atoms with Crippen LogP contribution in [-0.2, 0) is 0 Å². The first-order valence-corrected chi connectivity index (χ1v) is 8.28. The van der Waals surface area contributed by atoms with Gasteiger partial charge in [0.25, 0.3) is 0 Å². The van der Waals surface area contributed by atoms with Crippen molar-refractivity contribution in [3.63, 3.8) is 0 Å². The molecule has 1 aliphatic carbocycles. The molecule has 1 aliphatic rings. The summed E-state index contributed by atoms with van der Waals surface area (Å²) in [4.78, 5) is 11.3. The van der Waals surface area contributed by atoms with E-state index in [4.69, 9.17) is 0 Å². The molecule has 0 aliphatic heterocycles. The summed E-state index contributed by atoms with van der Waals surface area (Å²) in [6.45, 7) is 2.08. The summed E-state index contributed by atoms with van der Waals surface area (Å²) in [7, 11) is 0. The Kier molecular flexibility index (Phi) is 3.86. The highest BCUT2D eigenvalue weighted by Crippen LogP contribution is 2.33. The van der Waals surface area contributed by atoms with Gasteiger partial charge in [-0.2, -0.15) is 15.3 Å². The number of nitrogens with one attached hydrogen (secondary N) is 1. The molecular weight excluding hydrogens is 304 g/mol. The lowest BCUT2D eigenvalue weighted by Gasteiger charge is -2.35. The predicted molar refractivity (Wildman–Crippen MR) is 91.1 cm³/mol. The lowest BCUT2D eigenvalue weighted by molar-refractivity contribution is 0.123. The summed E-state index contributed by atoms with van der Waals surface area (Å²) >= 11 is 0. The minimum Gasteiger partial charge on any atom is -0.393 e. The maximum atomic E-state index is 9.84. The Hall–Kier alpha value is -2.54. The molecule has 0 unspecified atom stereocenters. The van der Waals surface area contributed by atoms with E-state index in [1.54, 1.807) is 6.20 Å². The molecule has 1 saturated carbocycles. The second kappa shape index (κ2) is 6.16. The van der Waals surface area contributed by atoms with Crippen LogP contribution in [0.3, 0.4) is 0 Å². The van der Waals surface area contributed by atoms with Gasteiger partial charge in [-0.3, -0.25) is 0 Å². The molecular formula is C17H20N6O. The van der Waals surface area contributed by atoms with Gasteiger partial charge in [0.1, 0.15) is 5.52 Å². The molecule has 0 bridgehead atoms. The highest BCUT2D eigenvalue weighted by atomic mass is 16.3. The van der Waals surface area contributed by atoms with E-state index in [9.17, 15) is 5.11 Å². The number of hydrogen-bond donors (Lipinski definition) is 2. The van der Waals surface area contributed by atoms with Crippen LogP contribution < -0.4 is 4.90 Å². The van der Waals surface area contributed by atoms with Crippen LogP contribution in [0.4, 0.5) is 11.6 Å². The molecule has 0 spiro atoms. The minimum atomic E-state index is -0.195. The van der Waals surface area contributed by atoms with Gasteiger partial charge >= 0.3 is 0 Å². The molecule has 0 radical (unpaired) electrons. The smallest absolute Gasteiger partial charge is 0.232 e. The first-order valence-electron chi connectivity index (χ1n) is 8.28. The lowest BCUT2D eigenvalue weighted by atomic mass is 9.91. The molecule has 1 aromatic carbocycles. The zero-order valence-corrected chi connectivity index (χ0v) is 13.6. The van der Waals surface area contributed by atoms with E-state index in [1.807, 2.05) is 6.07 Å². The van der Waals surface area contributed by atoms with Gasteiger partial charge in [0, 0.05) is 11.7 Å². The number of benzene rings is 1. The Bertz CT molecular complexity index is 840. The molecule has 2 N–H and O–H groups in total. The van der Waals surface area contributed by atoms with Crippen LogP contribution >= 0.6 is 0 Å². The Labute approximate surface area is 139 Å². The number of fused-ring (bicyclic) bond motifs is 1. The van der Waals surface area contributed by atoms with E-state index in [1.165, 1.54) is 5.56 Å². The van der Waals surface area contributed by atoms with Crippen molar-refractivity contribution in [2.24, 2.45) is 0 Å². The average molecular weight is 324 g/mol. The SMILES string of the molecule is Cc1cccc(N(c2ncc3n[nH]nc3n2)C2CCC(O)CC2)c1. The molecule has 0 atom stereocenters. The Morgan fingerprint density at radius 3 is 2.79 bits per heavy atom. The van der Waals surface area contributed by atoms with Crippen molar-refractivity contribution in [1.29, 1.82) is 0 Å². The maximum absolute atomic E-state index is 9.84. The van der Waals surface area contributed by atoms with Gasteiger partial charge < -0.3 is 10.0 Å². The van der Waals surface area contributed by atoms with E-state index in [-0.39, 0.29) is 12.1 Å². The monoisotopic (exact) mass is 324 g/mol. The van der Waals surface area contributed by atoms with Crippen LogP contribution in [0.15, 0.2) is 30.5 Å². The van der Waals surface area contributed by atoms with Gasteiger partial charge in [-0.25, -0.2) is 4.98 Å². The molecule has 1 fully saturated rings. The van der Waals surface area contributed by atoms with Crippen molar-refractivity contribution in [1.82, 2.24) is 25.4 Å². The number of aliphatic hydroxyl groups excluding tert-OH is 1. The summed E-state index contributed by atoms with van der Waals surface area (Å²) < 4.78 is 0. The topological polar surface area (TPSA) is 90.8 Å². The van der Waals surface area contributed by atoms with E-state index >= 15 is 0 Å². The number of rotatable bonds is 3. The number of aliphatic hydroxyl groups is 1. The van der Waals surface area contributed by atoms with Crippen LogP contribution in [-0.4, -0.2) is 42.6 Å². The maximum Gasteiger partial charge on any atom is 0.232 e. The fraction of sp³-hybridized carbons (Fsp3) is 0.412. The molecule has 24 heavy (non-hydrogen) atoms. The molecule has 3 aromatic rings. The third-order valence-corrected chi connectivity index (χ3v) is 4.59. The van der Waals surface area contributed by atoms with Crippen LogP contribution in [0.2, 0.25) is 0 Å². The Morgan fingerprint density at radius 2 is 2.00 bits per heavy atom. The molecule has 4 rings (SSSR count).